The summed E-state index contributed by atoms with van der Waals surface area (Å²) in [5.41, 5.74) is 2.28. The Hall–Kier alpha value is -1.45. The Labute approximate surface area is 120 Å². The van der Waals surface area contributed by atoms with E-state index in [1.54, 1.807) is 0 Å². The van der Waals surface area contributed by atoms with Crippen molar-refractivity contribution in [3.05, 3.63) is 42.1 Å². The summed E-state index contributed by atoms with van der Waals surface area (Å²) in [7, 11) is 2.05. The number of fused-ring (bicyclic) bond motifs is 1. The predicted molar refractivity (Wildman–Crippen MR) is 81.6 cm³/mol. The molecule has 1 heterocycles. The number of rotatable bonds is 4. The molecule has 1 aromatic heterocycles. The van der Waals surface area contributed by atoms with Crippen LogP contribution in [0.3, 0.4) is 0 Å². The minimum Gasteiger partial charge on any atom is -0.374 e. The summed E-state index contributed by atoms with van der Waals surface area (Å²) in [5, 5.41) is 4.54. The molecule has 1 aromatic carbocycles. The van der Waals surface area contributed by atoms with E-state index < -0.39 is 0 Å². The van der Waals surface area contributed by atoms with Crippen molar-refractivity contribution >= 4 is 10.9 Å². The van der Waals surface area contributed by atoms with Crippen molar-refractivity contribution in [1.82, 2.24) is 10.3 Å². The van der Waals surface area contributed by atoms with Gasteiger partial charge in [-0.15, -0.1) is 0 Å². The Kier molecular flexibility index (Phi) is 4.28. The van der Waals surface area contributed by atoms with Gasteiger partial charge in [0.15, 0.2) is 0 Å². The maximum absolute atomic E-state index is 6.06. The van der Waals surface area contributed by atoms with Gasteiger partial charge in [0.1, 0.15) is 0 Å². The Morgan fingerprint density at radius 3 is 2.85 bits per heavy atom. The van der Waals surface area contributed by atoms with Crippen LogP contribution in [0.5, 0.6) is 0 Å². The molecule has 1 saturated carbocycles. The van der Waals surface area contributed by atoms with E-state index in [1.807, 2.05) is 12.3 Å². The van der Waals surface area contributed by atoms with Crippen molar-refractivity contribution in [2.45, 2.75) is 44.4 Å². The molecule has 20 heavy (non-hydrogen) atoms. The SMILES string of the molecule is CNC1CCC(OCc2ccc3ncccc3c2)CC1. The minimum absolute atomic E-state index is 0.421. The van der Waals surface area contributed by atoms with Gasteiger partial charge >= 0.3 is 0 Å². The Balaban J connectivity index is 1.57. The molecular weight excluding hydrogens is 248 g/mol. The lowest BCUT2D eigenvalue weighted by atomic mass is 9.93. The van der Waals surface area contributed by atoms with Crippen molar-refractivity contribution in [2.24, 2.45) is 0 Å². The van der Waals surface area contributed by atoms with Crippen molar-refractivity contribution in [3.63, 3.8) is 0 Å². The molecule has 0 atom stereocenters. The molecule has 106 valence electrons. The van der Waals surface area contributed by atoms with Crippen LogP contribution in [0.15, 0.2) is 36.5 Å². The van der Waals surface area contributed by atoms with Crippen molar-refractivity contribution < 1.29 is 4.74 Å². The average molecular weight is 270 g/mol. The van der Waals surface area contributed by atoms with Crippen molar-refractivity contribution in [2.75, 3.05) is 7.05 Å². The molecule has 3 nitrogen and oxygen atoms in total. The van der Waals surface area contributed by atoms with Gasteiger partial charge in [-0.3, -0.25) is 4.98 Å². The summed E-state index contributed by atoms with van der Waals surface area (Å²) < 4.78 is 6.06. The Morgan fingerprint density at radius 1 is 1.20 bits per heavy atom. The van der Waals surface area contributed by atoms with Crippen LogP contribution in [0.25, 0.3) is 10.9 Å². The molecule has 3 rings (SSSR count). The Bertz CT molecular complexity index is 562. The van der Waals surface area contributed by atoms with E-state index in [4.69, 9.17) is 4.74 Å². The molecule has 1 aliphatic carbocycles. The van der Waals surface area contributed by atoms with Crippen LogP contribution in [0.2, 0.25) is 0 Å². The van der Waals surface area contributed by atoms with Crippen LogP contribution in [-0.4, -0.2) is 24.2 Å². The predicted octanol–water partition coefficient (Wildman–Crippen LogP) is 3.28. The van der Waals surface area contributed by atoms with E-state index in [1.165, 1.54) is 36.6 Å². The quantitative estimate of drug-likeness (QED) is 0.925. The molecule has 3 heteroatoms. The van der Waals surface area contributed by atoms with E-state index in [9.17, 15) is 0 Å². The summed E-state index contributed by atoms with van der Waals surface area (Å²) in [6, 6.07) is 11.1. The van der Waals surface area contributed by atoms with Crippen molar-refractivity contribution in [1.29, 1.82) is 0 Å². The van der Waals surface area contributed by atoms with E-state index in [2.05, 4.69) is 41.6 Å². The van der Waals surface area contributed by atoms with Crippen LogP contribution < -0.4 is 5.32 Å². The summed E-state index contributed by atoms with van der Waals surface area (Å²) in [4.78, 5) is 4.34. The number of hydrogen-bond acceptors (Lipinski definition) is 3. The fourth-order valence-electron chi connectivity index (χ4n) is 2.95. The van der Waals surface area contributed by atoms with Gasteiger partial charge in [0.25, 0.3) is 0 Å². The number of aromatic nitrogens is 1. The molecule has 1 fully saturated rings. The van der Waals surface area contributed by atoms with Gasteiger partial charge in [-0.1, -0.05) is 12.1 Å². The summed E-state index contributed by atoms with van der Waals surface area (Å²) in [5.74, 6) is 0. The van der Waals surface area contributed by atoms with Crippen LogP contribution in [0.4, 0.5) is 0 Å². The molecule has 0 spiro atoms. The van der Waals surface area contributed by atoms with Crippen LogP contribution in [-0.2, 0) is 11.3 Å². The fraction of sp³-hybridized carbons (Fsp3) is 0.471. The number of nitrogens with zero attached hydrogens (tertiary/aromatic N) is 1. The normalized spacial score (nSPS) is 23.1. The topological polar surface area (TPSA) is 34.1 Å². The second-order valence-electron chi connectivity index (χ2n) is 5.60. The van der Waals surface area contributed by atoms with Gasteiger partial charge < -0.3 is 10.1 Å². The number of nitrogens with one attached hydrogen (secondary N) is 1. The maximum atomic E-state index is 6.06. The summed E-state index contributed by atoms with van der Waals surface area (Å²) in [6.07, 6.45) is 7.04. The molecular formula is C17H22N2O. The number of pyridine rings is 1. The fourth-order valence-corrected chi connectivity index (χ4v) is 2.95. The van der Waals surface area contributed by atoms with E-state index in [0.29, 0.717) is 18.8 Å². The summed E-state index contributed by atoms with van der Waals surface area (Å²) >= 11 is 0. The van der Waals surface area contributed by atoms with E-state index >= 15 is 0 Å². The first-order valence-electron chi connectivity index (χ1n) is 7.47. The van der Waals surface area contributed by atoms with Gasteiger partial charge in [-0.2, -0.15) is 0 Å². The lowest BCUT2D eigenvalue weighted by molar-refractivity contribution is 0.0119. The highest BCUT2D eigenvalue weighted by atomic mass is 16.5. The standard InChI is InChI=1S/C17H22N2O/c1-18-15-5-7-16(8-6-15)20-12-13-4-9-17-14(11-13)3-2-10-19-17/h2-4,9-11,15-16,18H,5-8,12H2,1H3. The molecule has 0 unspecified atom stereocenters. The largest absolute Gasteiger partial charge is 0.374 e. The lowest BCUT2D eigenvalue weighted by Crippen LogP contribution is -2.32. The zero-order valence-electron chi connectivity index (χ0n) is 12.0. The van der Waals surface area contributed by atoms with Gasteiger partial charge in [0, 0.05) is 17.6 Å². The zero-order chi connectivity index (χ0) is 13.8. The van der Waals surface area contributed by atoms with Gasteiger partial charge in [-0.05, 0) is 56.5 Å². The first kappa shape index (κ1) is 13.5. The van der Waals surface area contributed by atoms with Crippen LogP contribution in [0, 0.1) is 0 Å². The van der Waals surface area contributed by atoms with Gasteiger partial charge in [0.05, 0.1) is 18.2 Å². The molecule has 0 radical (unpaired) electrons. The maximum Gasteiger partial charge on any atom is 0.0720 e. The van der Waals surface area contributed by atoms with E-state index in [0.717, 1.165) is 5.52 Å². The Morgan fingerprint density at radius 2 is 2.05 bits per heavy atom. The van der Waals surface area contributed by atoms with Crippen molar-refractivity contribution in [3.8, 4) is 0 Å². The minimum atomic E-state index is 0.421. The third kappa shape index (κ3) is 3.17. The van der Waals surface area contributed by atoms with Crippen LogP contribution >= 0.6 is 0 Å². The first-order chi connectivity index (χ1) is 9.85. The third-order valence-electron chi connectivity index (χ3n) is 4.24. The molecule has 0 saturated heterocycles. The second kappa shape index (κ2) is 6.33. The second-order valence-corrected chi connectivity index (χ2v) is 5.60. The van der Waals surface area contributed by atoms with Gasteiger partial charge in [-0.25, -0.2) is 0 Å². The highest BCUT2D eigenvalue weighted by molar-refractivity contribution is 5.78. The molecule has 1 N–H and O–H groups in total. The third-order valence-corrected chi connectivity index (χ3v) is 4.24. The molecule has 0 aliphatic heterocycles. The average Bonchev–Trinajstić information content (AvgIpc) is 2.53. The molecule has 1 aliphatic rings. The van der Waals surface area contributed by atoms with Gasteiger partial charge in [0.2, 0.25) is 0 Å². The number of benzene rings is 1. The van der Waals surface area contributed by atoms with Crippen LogP contribution in [0.1, 0.15) is 31.2 Å². The molecule has 0 amide bonds. The number of hydrogen-bond donors (Lipinski definition) is 1. The van der Waals surface area contributed by atoms with E-state index in [-0.39, 0.29) is 0 Å². The number of ether oxygens (including phenoxy) is 1. The monoisotopic (exact) mass is 270 g/mol. The smallest absolute Gasteiger partial charge is 0.0720 e. The highest BCUT2D eigenvalue weighted by Gasteiger charge is 2.20. The highest BCUT2D eigenvalue weighted by Crippen LogP contribution is 2.22. The molecule has 0 bridgehead atoms. The zero-order valence-corrected chi connectivity index (χ0v) is 12.0. The first-order valence-corrected chi connectivity index (χ1v) is 7.47. The molecule has 2 aromatic rings. The lowest BCUT2D eigenvalue weighted by Gasteiger charge is -2.28. The summed E-state index contributed by atoms with van der Waals surface area (Å²) in [6.45, 7) is 0.708.